The molecule has 0 bridgehead atoms. The summed E-state index contributed by atoms with van der Waals surface area (Å²) in [5.41, 5.74) is -1.08. The molecule has 0 aliphatic rings. The number of methoxy groups -OCH3 is 1. The van der Waals surface area contributed by atoms with E-state index in [0.29, 0.717) is 6.29 Å². The molecule has 0 atom stereocenters. The number of aromatic nitrogens is 3. The Morgan fingerprint density at radius 3 is 2.15 bits per heavy atom. The Labute approximate surface area is 112 Å². The predicted octanol–water partition coefficient (Wildman–Crippen LogP) is -0.825. The van der Waals surface area contributed by atoms with Crippen molar-refractivity contribution >= 4 is 23.3 Å². The number of fused-ring (bicyclic) bond motifs is 1. The number of ether oxygens (including phenoxy) is 1. The highest BCUT2D eigenvalue weighted by Crippen LogP contribution is 2.21. The minimum Gasteiger partial charge on any atom is -0.465 e. The van der Waals surface area contributed by atoms with Crippen LogP contribution >= 0.6 is 0 Å². The van der Waals surface area contributed by atoms with Gasteiger partial charge in [-0.05, 0) is 0 Å². The Balaban J connectivity index is 3.23. The third-order valence-electron chi connectivity index (χ3n) is 3.33. The molecule has 0 aliphatic carbocycles. The number of aldehydes is 1. The highest BCUT2D eigenvalue weighted by atomic mass is 16.5. The summed E-state index contributed by atoms with van der Waals surface area (Å²) < 4.78 is 7.98. The lowest BCUT2D eigenvalue weighted by atomic mass is 10.2. The molecule has 8 heteroatoms. The number of carbonyl (C=O) groups excluding carboxylic acids is 2. The van der Waals surface area contributed by atoms with E-state index in [2.05, 4.69) is 4.74 Å². The fourth-order valence-electron chi connectivity index (χ4n) is 2.27. The summed E-state index contributed by atoms with van der Waals surface area (Å²) in [4.78, 5) is 47.2. The highest BCUT2D eigenvalue weighted by molar-refractivity contribution is 6.09. The summed E-state index contributed by atoms with van der Waals surface area (Å²) in [6.45, 7) is 0. The lowest BCUT2D eigenvalue weighted by molar-refractivity contribution is 0.0599. The Bertz CT molecular complexity index is 853. The van der Waals surface area contributed by atoms with Gasteiger partial charge in [0.15, 0.2) is 6.29 Å². The van der Waals surface area contributed by atoms with Gasteiger partial charge in [-0.2, -0.15) is 0 Å². The van der Waals surface area contributed by atoms with E-state index in [1.54, 1.807) is 0 Å². The van der Waals surface area contributed by atoms with Crippen molar-refractivity contribution in [1.82, 2.24) is 13.7 Å². The molecule has 2 aromatic heterocycles. The van der Waals surface area contributed by atoms with Crippen molar-refractivity contribution in [3.63, 3.8) is 0 Å². The summed E-state index contributed by atoms with van der Waals surface area (Å²) in [6, 6.07) is 0. The molecular weight excluding hydrogens is 266 g/mol. The molecule has 2 aromatic rings. The molecule has 0 saturated carbocycles. The van der Waals surface area contributed by atoms with E-state index in [9.17, 15) is 19.2 Å². The van der Waals surface area contributed by atoms with Crippen molar-refractivity contribution in [2.24, 2.45) is 21.1 Å². The van der Waals surface area contributed by atoms with Crippen molar-refractivity contribution in [3.05, 3.63) is 32.1 Å². The minimum atomic E-state index is -0.777. The number of hydrogen-bond acceptors (Lipinski definition) is 5. The van der Waals surface area contributed by atoms with Gasteiger partial charge < -0.3 is 9.30 Å². The van der Waals surface area contributed by atoms with E-state index < -0.39 is 17.2 Å². The molecule has 0 spiro atoms. The molecule has 0 N–H and O–H groups in total. The van der Waals surface area contributed by atoms with Crippen LogP contribution in [-0.2, 0) is 25.9 Å². The molecular formula is C12H13N3O5. The average molecular weight is 279 g/mol. The van der Waals surface area contributed by atoms with Gasteiger partial charge in [0.2, 0.25) is 0 Å². The lowest BCUT2D eigenvalue weighted by Gasteiger charge is -2.05. The Morgan fingerprint density at radius 1 is 1.05 bits per heavy atom. The predicted molar refractivity (Wildman–Crippen MR) is 70.1 cm³/mol. The van der Waals surface area contributed by atoms with E-state index in [1.165, 1.54) is 25.7 Å². The highest BCUT2D eigenvalue weighted by Gasteiger charge is 2.26. The molecule has 0 saturated heterocycles. The number of hydrogen-bond donors (Lipinski definition) is 0. The Morgan fingerprint density at radius 2 is 1.65 bits per heavy atom. The van der Waals surface area contributed by atoms with Gasteiger partial charge in [-0.25, -0.2) is 9.59 Å². The maximum atomic E-state index is 12.2. The zero-order chi connectivity index (χ0) is 15.2. The fraction of sp³-hybridized carbons (Fsp3) is 0.333. The van der Waals surface area contributed by atoms with Crippen molar-refractivity contribution in [2.75, 3.05) is 7.11 Å². The molecule has 2 rings (SSSR count). The minimum absolute atomic E-state index is 0.00912. The van der Waals surface area contributed by atoms with Crippen molar-refractivity contribution in [2.45, 2.75) is 0 Å². The van der Waals surface area contributed by atoms with Gasteiger partial charge in [0, 0.05) is 21.1 Å². The van der Waals surface area contributed by atoms with E-state index in [4.69, 9.17) is 0 Å². The molecule has 8 nitrogen and oxygen atoms in total. The summed E-state index contributed by atoms with van der Waals surface area (Å²) in [5.74, 6) is -0.777. The van der Waals surface area contributed by atoms with Crippen LogP contribution in [-0.4, -0.2) is 33.1 Å². The van der Waals surface area contributed by atoms with Crippen LogP contribution < -0.4 is 11.2 Å². The van der Waals surface area contributed by atoms with Gasteiger partial charge in [0.1, 0.15) is 11.1 Å². The number of aryl methyl sites for hydroxylation is 2. The second-order valence-corrected chi connectivity index (χ2v) is 4.33. The van der Waals surface area contributed by atoms with E-state index in [0.717, 1.165) is 16.2 Å². The smallest absolute Gasteiger partial charge is 0.342 e. The molecule has 0 unspecified atom stereocenters. The maximum absolute atomic E-state index is 12.2. The van der Waals surface area contributed by atoms with E-state index >= 15 is 0 Å². The maximum Gasteiger partial charge on any atom is 0.342 e. The summed E-state index contributed by atoms with van der Waals surface area (Å²) in [7, 11) is 5.39. The van der Waals surface area contributed by atoms with Gasteiger partial charge in [0.25, 0.3) is 5.56 Å². The van der Waals surface area contributed by atoms with Gasteiger partial charge in [-0.3, -0.25) is 18.7 Å². The number of carbonyl (C=O) groups is 2. The Kier molecular flexibility index (Phi) is 3.09. The van der Waals surface area contributed by atoms with Crippen LogP contribution in [0.2, 0.25) is 0 Å². The first-order valence-corrected chi connectivity index (χ1v) is 5.68. The zero-order valence-electron chi connectivity index (χ0n) is 11.5. The third-order valence-corrected chi connectivity index (χ3v) is 3.33. The first-order valence-electron chi connectivity index (χ1n) is 5.68. The van der Waals surface area contributed by atoms with Crippen LogP contribution in [0.1, 0.15) is 20.8 Å². The summed E-state index contributed by atoms with van der Waals surface area (Å²) in [5, 5.41) is 0. The van der Waals surface area contributed by atoms with E-state index in [-0.39, 0.29) is 22.3 Å². The van der Waals surface area contributed by atoms with E-state index in [1.807, 2.05) is 0 Å². The topological polar surface area (TPSA) is 92.3 Å². The molecule has 0 aromatic carbocycles. The average Bonchev–Trinajstić information content (AvgIpc) is 2.74. The first-order chi connectivity index (χ1) is 9.36. The second kappa shape index (κ2) is 4.48. The van der Waals surface area contributed by atoms with Crippen LogP contribution in [0.25, 0.3) is 11.0 Å². The monoisotopic (exact) mass is 279 g/mol. The van der Waals surface area contributed by atoms with Gasteiger partial charge in [0.05, 0.1) is 18.3 Å². The summed E-state index contributed by atoms with van der Waals surface area (Å²) >= 11 is 0. The quantitative estimate of drug-likeness (QED) is 0.528. The van der Waals surface area contributed by atoms with Crippen LogP contribution in [0.3, 0.4) is 0 Å². The molecule has 0 amide bonds. The molecule has 2 heterocycles. The fourth-order valence-corrected chi connectivity index (χ4v) is 2.27. The Hall–Kier alpha value is -2.64. The molecule has 20 heavy (non-hydrogen) atoms. The number of esters is 1. The van der Waals surface area contributed by atoms with Gasteiger partial charge in [-0.15, -0.1) is 0 Å². The molecule has 0 aliphatic heterocycles. The van der Waals surface area contributed by atoms with Crippen molar-refractivity contribution < 1.29 is 14.3 Å². The number of rotatable bonds is 2. The van der Waals surface area contributed by atoms with Crippen molar-refractivity contribution in [1.29, 1.82) is 0 Å². The molecule has 0 radical (unpaired) electrons. The molecule has 106 valence electrons. The molecule has 0 fully saturated rings. The largest absolute Gasteiger partial charge is 0.465 e. The van der Waals surface area contributed by atoms with Gasteiger partial charge in [-0.1, -0.05) is 0 Å². The normalized spacial score (nSPS) is 10.8. The standard InChI is InChI=1S/C12H13N3O5/c1-13-6(5-16)7(11(18)20-4)8-9(13)10(17)15(3)12(19)14(8)2/h5H,1-4H3. The lowest BCUT2D eigenvalue weighted by Crippen LogP contribution is -2.37. The van der Waals surface area contributed by atoms with Crippen molar-refractivity contribution in [3.8, 4) is 0 Å². The number of nitrogens with zero attached hydrogens (tertiary/aromatic N) is 3. The van der Waals surface area contributed by atoms with Crippen LogP contribution in [0.4, 0.5) is 0 Å². The SMILES string of the molecule is COC(=O)c1c(C=O)n(C)c2c(=O)n(C)c(=O)n(C)c12. The van der Waals surface area contributed by atoms with Gasteiger partial charge >= 0.3 is 11.7 Å². The second-order valence-electron chi connectivity index (χ2n) is 4.33. The zero-order valence-corrected chi connectivity index (χ0v) is 11.5. The van der Waals surface area contributed by atoms with Crippen LogP contribution in [0, 0.1) is 0 Å². The van der Waals surface area contributed by atoms with Crippen LogP contribution in [0.5, 0.6) is 0 Å². The first kappa shape index (κ1) is 13.8. The third kappa shape index (κ3) is 1.54. The van der Waals surface area contributed by atoms with Crippen LogP contribution in [0.15, 0.2) is 9.59 Å². The summed E-state index contributed by atoms with van der Waals surface area (Å²) in [6.07, 6.45) is 0.455.